The van der Waals surface area contributed by atoms with Crippen molar-refractivity contribution >= 4 is 11.6 Å². The first-order valence-electron chi connectivity index (χ1n) is 8.39. The highest BCUT2D eigenvalue weighted by Gasteiger charge is 2.11. The summed E-state index contributed by atoms with van der Waals surface area (Å²) in [5, 5.41) is 4.09. The van der Waals surface area contributed by atoms with Crippen molar-refractivity contribution in [2.24, 2.45) is 0 Å². The SMILES string of the molecule is CCCCNCc1cc(OC)c(OCc2ccc(C)cc2)cc1Cl. The Hall–Kier alpha value is -1.71. The van der Waals surface area contributed by atoms with Crippen molar-refractivity contribution in [3.05, 3.63) is 58.1 Å². The lowest BCUT2D eigenvalue weighted by molar-refractivity contribution is 0.284. The Labute approximate surface area is 149 Å². The summed E-state index contributed by atoms with van der Waals surface area (Å²) in [5.74, 6) is 1.37. The van der Waals surface area contributed by atoms with Gasteiger partial charge in [-0.05, 0) is 37.1 Å². The van der Waals surface area contributed by atoms with Crippen molar-refractivity contribution in [3.8, 4) is 11.5 Å². The Morgan fingerprint density at radius 1 is 1.08 bits per heavy atom. The second-order valence-electron chi connectivity index (χ2n) is 5.90. The van der Waals surface area contributed by atoms with E-state index in [0.29, 0.717) is 23.1 Å². The van der Waals surface area contributed by atoms with Crippen LogP contribution in [0.4, 0.5) is 0 Å². The molecule has 24 heavy (non-hydrogen) atoms. The number of aryl methyl sites for hydroxylation is 1. The number of benzene rings is 2. The summed E-state index contributed by atoms with van der Waals surface area (Å²) in [6.07, 6.45) is 2.34. The first kappa shape index (κ1) is 18.6. The summed E-state index contributed by atoms with van der Waals surface area (Å²) in [5.41, 5.74) is 3.37. The molecule has 130 valence electrons. The highest BCUT2D eigenvalue weighted by Crippen LogP contribution is 2.34. The molecule has 0 bridgehead atoms. The van der Waals surface area contributed by atoms with E-state index in [4.69, 9.17) is 21.1 Å². The molecule has 0 aliphatic carbocycles. The van der Waals surface area contributed by atoms with Crippen LogP contribution in [-0.4, -0.2) is 13.7 Å². The number of hydrogen-bond donors (Lipinski definition) is 1. The minimum absolute atomic E-state index is 0.487. The summed E-state index contributed by atoms with van der Waals surface area (Å²) in [6.45, 7) is 6.45. The fourth-order valence-corrected chi connectivity index (χ4v) is 2.58. The van der Waals surface area contributed by atoms with E-state index in [1.54, 1.807) is 7.11 Å². The lowest BCUT2D eigenvalue weighted by Gasteiger charge is -2.14. The van der Waals surface area contributed by atoms with E-state index < -0.39 is 0 Å². The third-order valence-corrected chi connectivity index (χ3v) is 4.22. The molecule has 0 amide bonds. The van der Waals surface area contributed by atoms with Crippen molar-refractivity contribution in [1.29, 1.82) is 0 Å². The van der Waals surface area contributed by atoms with E-state index in [-0.39, 0.29) is 0 Å². The maximum Gasteiger partial charge on any atom is 0.163 e. The zero-order chi connectivity index (χ0) is 17.4. The topological polar surface area (TPSA) is 30.5 Å². The van der Waals surface area contributed by atoms with Gasteiger partial charge >= 0.3 is 0 Å². The maximum absolute atomic E-state index is 6.40. The lowest BCUT2D eigenvalue weighted by Crippen LogP contribution is -2.14. The molecule has 0 atom stereocenters. The normalized spacial score (nSPS) is 10.7. The minimum Gasteiger partial charge on any atom is -0.493 e. The molecule has 0 saturated heterocycles. The van der Waals surface area contributed by atoms with Crippen LogP contribution < -0.4 is 14.8 Å². The zero-order valence-electron chi connectivity index (χ0n) is 14.7. The Bertz CT molecular complexity index is 641. The van der Waals surface area contributed by atoms with Gasteiger partial charge in [0.2, 0.25) is 0 Å². The summed E-state index contributed by atoms with van der Waals surface area (Å²) >= 11 is 6.40. The number of halogens is 1. The van der Waals surface area contributed by atoms with E-state index >= 15 is 0 Å². The molecule has 0 unspecified atom stereocenters. The van der Waals surface area contributed by atoms with E-state index in [1.807, 2.05) is 12.1 Å². The van der Waals surface area contributed by atoms with Crippen LogP contribution in [0.1, 0.15) is 36.5 Å². The zero-order valence-corrected chi connectivity index (χ0v) is 15.5. The quantitative estimate of drug-likeness (QED) is 0.638. The number of methoxy groups -OCH3 is 1. The molecule has 2 aromatic rings. The monoisotopic (exact) mass is 347 g/mol. The van der Waals surface area contributed by atoms with Crippen molar-refractivity contribution in [3.63, 3.8) is 0 Å². The Kier molecular flexibility index (Phi) is 7.41. The molecule has 0 aliphatic rings. The average molecular weight is 348 g/mol. The van der Waals surface area contributed by atoms with E-state index in [0.717, 1.165) is 30.6 Å². The smallest absolute Gasteiger partial charge is 0.163 e. The van der Waals surface area contributed by atoms with E-state index in [9.17, 15) is 0 Å². The minimum atomic E-state index is 0.487. The fourth-order valence-electron chi connectivity index (χ4n) is 2.36. The first-order valence-corrected chi connectivity index (χ1v) is 8.77. The molecule has 2 aromatic carbocycles. The number of rotatable bonds is 9. The number of nitrogens with one attached hydrogen (secondary N) is 1. The second kappa shape index (κ2) is 9.55. The van der Waals surface area contributed by atoms with Crippen LogP contribution in [0.5, 0.6) is 11.5 Å². The molecular formula is C20H26ClNO2. The lowest BCUT2D eigenvalue weighted by atomic mass is 10.1. The van der Waals surface area contributed by atoms with Gasteiger partial charge < -0.3 is 14.8 Å². The van der Waals surface area contributed by atoms with Gasteiger partial charge in [-0.3, -0.25) is 0 Å². The predicted octanol–water partition coefficient (Wildman–Crippen LogP) is 5.13. The summed E-state index contributed by atoms with van der Waals surface area (Å²) < 4.78 is 11.4. The van der Waals surface area contributed by atoms with Crippen LogP contribution in [0.15, 0.2) is 36.4 Å². The Morgan fingerprint density at radius 3 is 2.50 bits per heavy atom. The van der Waals surface area contributed by atoms with Crippen molar-refractivity contribution in [2.75, 3.05) is 13.7 Å². The van der Waals surface area contributed by atoms with Crippen molar-refractivity contribution in [2.45, 2.75) is 39.8 Å². The Morgan fingerprint density at radius 2 is 1.83 bits per heavy atom. The molecule has 0 radical (unpaired) electrons. The maximum atomic E-state index is 6.40. The molecule has 2 rings (SSSR count). The molecule has 0 fully saturated rings. The molecule has 1 N–H and O–H groups in total. The number of hydrogen-bond acceptors (Lipinski definition) is 3. The van der Waals surface area contributed by atoms with Crippen LogP contribution in [0.25, 0.3) is 0 Å². The molecule has 0 saturated carbocycles. The third kappa shape index (κ3) is 5.43. The standard InChI is InChI=1S/C20H26ClNO2/c1-4-5-10-22-13-17-11-19(23-3)20(12-18(17)21)24-14-16-8-6-15(2)7-9-16/h6-9,11-12,22H,4-5,10,13-14H2,1-3H3. The molecule has 0 aromatic heterocycles. The van der Waals surface area contributed by atoms with Gasteiger partial charge in [-0.1, -0.05) is 54.8 Å². The summed E-state index contributed by atoms with van der Waals surface area (Å²) in [7, 11) is 1.65. The van der Waals surface area contributed by atoms with Gasteiger partial charge in [0.1, 0.15) is 6.61 Å². The fraction of sp³-hybridized carbons (Fsp3) is 0.400. The van der Waals surface area contributed by atoms with Gasteiger partial charge in [-0.25, -0.2) is 0 Å². The van der Waals surface area contributed by atoms with E-state index in [1.165, 1.54) is 12.0 Å². The number of ether oxygens (including phenoxy) is 2. The van der Waals surface area contributed by atoms with Gasteiger partial charge in [0.25, 0.3) is 0 Å². The van der Waals surface area contributed by atoms with Crippen molar-refractivity contribution < 1.29 is 9.47 Å². The molecular weight excluding hydrogens is 322 g/mol. The summed E-state index contributed by atoms with van der Waals surface area (Å²) in [4.78, 5) is 0. The van der Waals surface area contributed by atoms with Crippen LogP contribution in [0.2, 0.25) is 5.02 Å². The van der Waals surface area contributed by atoms with Crippen LogP contribution in [0, 0.1) is 6.92 Å². The van der Waals surface area contributed by atoms with Gasteiger partial charge in [-0.2, -0.15) is 0 Å². The molecule has 3 nitrogen and oxygen atoms in total. The van der Waals surface area contributed by atoms with Crippen LogP contribution >= 0.6 is 11.6 Å². The summed E-state index contributed by atoms with van der Waals surface area (Å²) in [6, 6.07) is 12.1. The van der Waals surface area contributed by atoms with E-state index in [2.05, 4.69) is 43.4 Å². The first-order chi connectivity index (χ1) is 11.6. The van der Waals surface area contributed by atoms with Crippen LogP contribution in [-0.2, 0) is 13.2 Å². The Balaban J connectivity index is 2.03. The highest BCUT2D eigenvalue weighted by atomic mass is 35.5. The van der Waals surface area contributed by atoms with Gasteiger partial charge in [0.15, 0.2) is 11.5 Å². The number of unbranched alkanes of at least 4 members (excludes halogenated alkanes) is 1. The van der Waals surface area contributed by atoms with Crippen molar-refractivity contribution in [1.82, 2.24) is 5.32 Å². The molecule has 4 heteroatoms. The molecule has 0 heterocycles. The van der Waals surface area contributed by atoms with Gasteiger partial charge in [0.05, 0.1) is 7.11 Å². The average Bonchev–Trinajstić information content (AvgIpc) is 2.59. The molecule has 0 aliphatic heterocycles. The van der Waals surface area contributed by atoms with Gasteiger partial charge in [-0.15, -0.1) is 0 Å². The second-order valence-corrected chi connectivity index (χ2v) is 6.31. The predicted molar refractivity (Wildman–Crippen MR) is 100 cm³/mol. The largest absolute Gasteiger partial charge is 0.493 e. The molecule has 0 spiro atoms. The third-order valence-electron chi connectivity index (χ3n) is 3.87. The van der Waals surface area contributed by atoms with Gasteiger partial charge in [0, 0.05) is 17.6 Å². The highest BCUT2D eigenvalue weighted by molar-refractivity contribution is 6.31. The van der Waals surface area contributed by atoms with Crippen LogP contribution in [0.3, 0.4) is 0 Å².